The van der Waals surface area contributed by atoms with Crippen LogP contribution >= 0.6 is 0 Å². The van der Waals surface area contributed by atoms with Gasteiger partial charge in [-0.15, -0.1) is 0 Å². The van der Waals surface area contributed by atoms with Crippen LogP contribution in [0.2, 0.25) is 0 Å². The average Bonchev–Trinajstić information content (AvgIpc) is 3.51. The molecule has 2 aromatic rings. The Morgan fingerprint density at radius 3 is 2.53 bits per heavy atom. The molecular formula is C22H25F3N4O4S. The fourth-order valence-corrected chi connectivity index (χ4v) is 4.58. The Kier molecular flexibility index (Phi) is 6.47. The van der Waals surface area contributed by atoms with E-state index in [4.69, 9.17) is 9.52 Å². The number of anilines is 2. The molecule has 2 aliphatic rings. The maximum Gasteiger partial charge on any atom is 0.392 e. The molecule has 2 heterocycles. The summed E-state index contributed by atoms with van der Waals surface area (Å²) in [6.07, 6.45) is -1.16. The van der Waals surface area contributed by atoms with E-state index in [1.54, 1.807) is 0 Å². The quantitative estimate of drug-likeness (QED) is 0.499. The highest BCUT2D eigenvalue weighted by atomic mass is 32.2. The van der Waals surface area contributed by atoms with Crippen LogP contribution in [-0.4, -0.2) is 45.5 Å². The van der Waals surface area contributed by atoms with E-state index < -0.39 is 35.1 Å². The number of hydrogen-bond donors (Lipinski definition) is 3. The molecule has 2 fully saturated rings. The number of ether oxygens (including phenoxy) is 1. The third kappa shape index (κ3) is 5.98. The van der Waals surface area contributed by atoms with Gasteiger partial charge in [0.05, 0.1) is 29.2 Å². The van der Waals surface area contributed by atoms with E-state index in [1.165, 1.54) is 49.2 Å². The molecule has 184 valence electrons. The lowest BCUT2D eigenvalue weighted by Crippen LogP contribution is -2.35. The van der Waals surface area contributed by atoms with E-state index >= 15 is 0 Å². The monoisotopic (exact) mass is 498 g/mol. The minimum Gasteiger partial charge on any atom is -0.477 e. The molecule has 8 nitrogen and oxygen atoms in total. The zero-order valence-corrected chi connectivity index (χ0v) is 19.0. The first-order valence-electron chi connectivity index (χ1n) is 10.8. The predicted molar refractivity (Wildman–Crippen MR) is 120 cm³/mol. The minimum absolute atomic E-state index is 0.0578. The Hall–Kier alpha value is -2.86. The molecular weight excluding hydrogens is 473 g/mol. The first kappa shape index (κ1) is 24.3. The molecule has 1 saturated carbocycles. The number of alkyl halides is 3. The number of aromatic nitrogens is 1. The van der Waals surface area contributed by atoms with Crippen LogP contribution in [0.25, 0.3) is 0 Å². The van der Waals surface area contributed by atoms with Crippen molar-refractivity contribution in [1.82, 2.24) is 4.98 Å². The summed E-state index contributed by atoms with van der Waals surface area (Å²) in [5.74, 6) is -0.508. The Balaban J connectivity index is 1.53. The van der Waals surface area contributed by atoms with Gasteiger partial charge in [0.15, 0.2) is 10.0 Å². The van der Waals surface area contributed by atoms with Gasteiger partial charge >= 0.3 is 6.18 Å². The van der Waals surface area contributed by atoms with Crippen LogP contribution < -0.4 is 15.0 Å². The van der Waals surface area contributed by atoms with E-state index in [1.807, 2.05) is 4.90 Å². The first-order chi connectivity index (χ1) is 15.9. The molecule has 1 spiro atoms. The first-order valence-corrected chi connectivity index (χ1v) is 12.3. The fraction of sp³-hybridized carbons (Fsp3) is 0.455. The molecule has 1 atom stereocenters. The van der Waals surface area contributed by atoms with Crippen LogP contribution in [0.5, 0.6) is 5.88 Å². The second-order valence-electron chi connectivity index (χ2n) is 8.72. The highest BCUT2D eigenvalue weighted by Gasteiger charge is 2.44. The van der Waals surface area contributed by atoms with Crippen molar-refractivity contribution in [3.8, 4) is 5.88 Å². The molecule has 1 aliphatic heterocycles. The zero-order valence-electron chi connectivity index (χ0n) is 18.2. The summed E-state index contributed by atoms with van der Waals surface area (Å²) in [5.41, 5.74) is 1.08. The number of carbonyl (C=O) groups is 1. The zero-order chi connectivity index (χ0) is 24.6. The Morgan fingerprint density at radius 2 is 1.91 bits per heavy atom. The molecule has 1 saturated heterocycles. The van der Waals surface area contributed by atoms with Gasteiger partial charge in [-0.05, 0) is 55.4 Å². The number of halogens is 3. The van der Waals surface area contributed by atoms with Gasteiger partial charge in [0.2, 0.25) is 5.88 Å². The topological polar surface area (TPSA) is 116 Å². The maximum atomic E-state index is 13.1. The number of hydrogen-bond acceptors (Lipinski definition) is 6. The number of carbonyl (C=O) groups excluding carboxylic acids is 1. The van der Waals surface area contributed by atoms with Crippen LogP contribution in [-0.2, 0) is 10.0 Å². The normalized spacial score (nSPS) is 18.9. The lowest BCUT2D eigenvalue weighted by Gasteiger charge is -2.35. The Morgan fingerprint density at radius 1 is 1.21 bits per heavy atom. The van der Waals surface area contributed by atoms with Crippen LogP contribution in [0.15, 0.2) is 41.3 Å². The summed E-state index contributed by atoms with van der Waals surface area (Å²) in [5, 5.41) is 2.61. The predicted octanol–water partition coefficient (Wildman–Crippen LogP) is 4.92. The number of nitrogens with zero attached hydrogens (tertiary/aromatic N) is 2. The SMILES string of the molecule is N=S(=O)(O)c1ccc(C(=O)Nc2cccc(OCCC(F)(F)F)n2)c(N2CCC3(CC2)CC3)c1. The van der Waals surface area contributed by atoms with Crippen molar-refractivity contribution < 1.29 is 31.5 Å². The molecule has 3 N–H and O–H groups in total. The number of piperidine rings is 1. The van der Waals surface area contributed by atoms with Crippen LogP contribution in [0.1, 0.15) is 42.5 Å². The molecule has 0 bridgehead atoms. The van der Waals surface area contributed by atoms with Gasteiger partial charge in [0, 0.05) is 19.2 Å². The van der Waals surface area contributed by atoms with Gasteiger partial charge in [-0.2, -0.15) is 18.2 Å². The summed E-state index contributed by atoms with van der Waals surface area (Å²) in [4.78, 5) is 19.0. The molecule has 1 aromatic heterocycles. The smallest absolute Gasteiger partial charge is 0.392 e. The number of benzene rings is 1. The standard InChI is InChI=1S/C22H25F3N4O4S/c23-22(24,25)10-13-33-19-3-1-2-18(27-19)28-20(30)16-5-4-15(34(26,31)32)14-17(16)29-11-8-21(6-7-21)9-12-29/h1-5,14H,6-13H2,(H2,26,31,32)(H,27,28,30). The molecule has 4 rings (SSSR count). The van der Waals surface area contributed by atoms with Crippen molar-refractivity contribution in [3.63, 3.8) is 0 Å². The van der Waals surface area contributed by atoms with E-state index in [-0.39, 0.29) is 22.2 Å². The summed E-state index contributed by atoms with van der Waals surface area (Å²) in [6.45, 7) is 0.786. The van der Waals surface area contributed by atoms with Crippen LogP contribution in [0.4, 0.5) is 24.7 Å². The Bertz CT molecular complexity index is 1170. The number of rotatable bonds is 7. The minimum atomic E-state index is -4.35. The lowest BCUT2D eigenvalue weighted by atomic mass is 9.93. The van der Waals surface area contributed by atoms with Crippen molar-refractivity contribution in [2.24, 2.45) is 5.41 Å². The fourth-order valence-electron chi connectivity index (χ4n) is 4.06. The van der Waals surface area contributed by atoms with Gasteiger partial charge in [-0.25, -0.2) is 8.99 Å². The van der Waals surface area contributed by atoms with E-state index in [2.05, 4.69) is 10.3 Å². The van der Waals surface area contributed by atoms with Crippen molar-refractivity contribution in [2.45, 2.75) is 43.2 Å². The second kappa shape index (κ2) is 9.06. The molecule has 34 heavy (non-hydrogen) atoms. The highest BCUT2D eigenvalue weighted by Crippen LogP contribution is 2.54. The molecule has 1 aliphatic carbocycles. The third-order valence-corrected chi connectivity index (χ3v) is 7.15. The van der Waals surface area contributed by atoms with E-state index in [0.29, 0.717) is 24.2 Å². The highest BCUT2D eigenvalue weighted by molar-refractivity contribution is 7.86. The van der Waals surface area contributed by atoms with Gasteiger partial charge < -0.3 is 15.0 Å². The molecule has 0 radical (unpaired) electrons. The number of pyridine rings is 1. The molecule has 1 amide bonds. The summed E-state index contributed by atoms with van der Waals surface area (Å²) < 4.78 is 71.1. The summed E-state index contributed by atoms with van der Waals surface area (Å²) in [7, 11) is -3.97. The maximum absolute atomic E-state index is 13.1. The van der Waals surface area contributed by atoms with Crippen LogP contribution in [0, 0.1) is 10.2 Å². The molecule has 1 unspecified atom stereocenters. The van der Waals surface area contributed by atoms with Crippen molar-refractivity contribution in [3.05, 3.63) is 42.0 Å². The van der Waals surface area contributed by atoms with Crippen LogP contribution in [0.3, 0.4) is 0 Å². The third-order valence-electron chi connectivity index (χ3n) is 6.26. The second-order valence-corrected chi connectivity index (χ2v) is 10.2. The number of nitrogens with one attached hydrogen (secondary N) is 2. The van der Waals surface area contributed by atoms with E-state index in [0.717, 1.165) is 12.8 Å². The van der Waals surface area contributed by atoms with Crippen molar-refractivity contribution in [1.29, 1.82) is 4.78 Å². The van der Waals surface area contributed by atoms with E-state index in [9.17, 15) is 26.7 Å². The molecule has 12 heteroatoms. The lowest BCUT2D eigenvalue weighted by molar-refractivity contribution is -0.139. The average molecular weight is 499 g/mol. The summed E-state index contributed by atoms with van der Waals surface area (Å²) in [6, 6.07) is 8.43. The van der Waals surface area contributed by atoms with Gasteiger partial charge in [-0.1, -0.05) is 6.07 Å². The van der Waals surface area contributed by atoms with Gasteiger partial charge in [0.25, 0.3) is 5.91 Å². The molecule has 1 aromatic carbocycles. The Labute approximate surface area is 195 Å². The van der Waals surface area contributed by atoms with Crippen molar-refractivity contribution >= 4 is 27.4 Å². The number of amides is 1. The van der Waals surface area contributed by atoms with Crippen molar-refractivity contribution in [2.75, 3.05) is 29.9 Å². The summed E-state index contributed by atoms with van der Waals surface area (Å²) >= 11 is 0. The largest absolute Gasteiger partial charge is 0.477 e. The van der Waals surface area contributed by atoms with Gasteiger partial charge in [-0.3, -0.25) is 9.35 Å². The van der Waals surface area contributed by atoms with Gasteiger partial charge in [0.1, 0.15) is 5.82 Å².